The van der Waals surface area contributed by atoms with Gasteiger partial charge in [-0.2, -0.15) is 0 Å². The van der Waals surface area contributed by atoms with E-state index in [1.165, 1.54) is 0 Å². The number of carbonyl (C=O) groups is 1. The molecule has 1 fully saturated rings. The molecule has 0 saturated heterocycles. The third kappa shape index (κ3) is 3.04. The molecule has 1 amide bonds. The monoisotopic (exact) mass is 253 g/mol. The highest BCUT2D eigenvalue weighted by Gasteiger charge is 2.31. The second-order valence-corrected chi connectivity index (χ2v) is 5.58. The lowest BCUT2D eigenvalue weighted by atomic mass is 9.95. The first-order chi connectivity index (χ1) is 8.20. The molecule has 1 aromatic heterocycles. The third-order valence-electron chi connectivity index (χ3n) is 3.38. The Morgan fingerprint density at radius 3 is 3.12 bits per heavy atom. The lowest BCUT2D eigenvalue weighted by Crippen LogP contribution is -2.34. The van der Waals surface area contributed by atoms with Gasteiger partial charge in [-0.25, -0.2) is 4.98 Å². The van der Waals surface area contributed by atoms with Crippen LogP contribution in [-0.2, 0) is 11.3 Å². The molecule has 0 bridgehead atoms. The van der Waals surface area contributed by atoms with Crippen molar-refractivity contribution in [2.45, 2.75) is 32.7 Å². The average Bonchev–Trinajstić information content (AvgIpc) is 2.94. The summed E-state index contributed by atoms with van der Waals surface area (Å²) in [4.78, 5) is 16.3. The number of nitrogens with zero attached hydrogens (tertiary/aromatic N) is 1. The van der Waals surface area contributed by atoms with Crippen LogP contribution in [-0.4, -0.2) is 17.4 Å². The van der Waals surface area contributed by atoms with Gasteiger partial charge in [0.2, 0.25) is 5.91 Å². The third-order valence-corrected chi connectivity index (χ3v) is 4.35. The molecule has 0 radical (unpaired) electrons. The van der Waals surface area contributed by atoms with Crippen LogP contribution in [0.25, 0.3) is 0 Å². The summed E-state index contributed by atoms with van der Waals surface area (Å²) in [6.45, 7) is 3.13. The summed E-state index contributed by atoms with van der Waals surface area (Å²) in [5.41, 5.74) is 6.70. The Hall–Kier alpha value is -0.940. The summed E-state index contributed by atoms with van der Waals surface area (Å²) in [7, 11) is 0. The Kier molecular flexibility index (Phi) is 4.12. The van der Waals surface area contributed by atoms with Gasteiger partial charge in [0.25, 0.3) is 0 Å². The van der Waals surface area contributed by atoms with Gasteiger partial charge in [0.15, 0.2) is 0 Å². The molecule has 0 aromatic carbocycles. The maximum Gasteiger partial charge on any atom is 0.223 e. The van der Waals surface area contributed by atoms with Crippen LogP contribution in [0.5, 0.6) is 0 Å². The van der Waals surface area contributed by atoms with Crippen LogP contribution in [0.1, 0.15) is 30.0 Å². The molecule has 1 aliphatic rings. The molecule has 1 aromatic rings. The van der Waals surface area contributed by atoms with Crippen molar-refractivity contribution in [2.24, 2.45) is 17.6 Å². The molecule has 4 nitrogen and oxygen atoms in total. The van der Waals surface area contributed by atoms with Crippen LogP contribution < -0.4 is 11.1 Å². The van der Waals surface area contributed by atoms with Crippen LogP contribution in [0.15, 0.2) is 5.38 Å². The SMILES string of the molecule is Cc1csc(CNC(=O)[C@@H]2CCC[C@@H]2CN)n1. The van der Waals surface area contributed by atoms with E-state index in [-0.39, 0.29) is 11.8 Å². The van der Waals surface area contributed by atoms with Crippen molar-refractivity contribution in [2.75, 3.05) is 6.54 Å². The molecule has 2 rings (SSSR count). The molecular formula is C12H19N3OS. The number of nitrogens with two attached hydrogens (primary N) is 1. The van der Waals surface area contributed by atoms with E-state index in [1.54, 1.807) is 11.3 Å². The maximum absolute atomic E-state index is 12.0. The summed E-state index contributed by atoms with van der Waals surface area (Å²) in [6, 6.07) is 0. The van der Waals surface area contributed by atoms with Gasteiger partial charge in [0, 0.05) is 17.0 Å². The first-order valence-electron chi connectivity index (χ1n) is 6.09. The van der Waals surface area contributed by atoms with Crippen molar-refractivity contribution >= 4 is 17.2 Å². The zero-order valence-corrected chi connectivity index (χ0v) is 10.9. The van der Waals surface area contributed by atoms with Crippen molar-refractivity contribution in [1.82, 2.24) is 10.3 Å². The fourth-order valence-corrected chi connectivity index (χ4v) is 3.15. The average molecular weight is 253 g/mol. The lowest BCUT2D eigenvalue weighted by Gasteiger charge is -2.16. The summed E-state index contributed by atoms with van der Waals surface area (Å²) in [5, 5.41) is 5.94. The van der Waals surface area contributed by atoms with Gasteiger partial charge in [-0.15, -0.1) is 11.3 Å². The second-order valence-electron chi connectivity index (χ2n) is 4.63. The van der Waals surface area contributed by atoms with Crippen LogP contribution in [0.4, 0.5) is 0 Å². The molecule has 1 aliphatic carbocycles. The van der Waals surface area contributed by atoms with Crippen LogP contribution in [0.2, 0.25) is 0 Å². The van der Waals surface area contributed by atoms with Crippen molar-refractivity contribution in [1.29, 1.82) is 0 Å². The second kappa shape index (κ2) is 5.60. The molecule has 0 aliphatic heterocycles. The number of amides is 1. The number of thiazole rings is 1. The zero-order chi connectivity index (χ0) is 12.3. The number of aromatic nitrogens is 1. The number of hydrogen-bond acceptors (Lipinski definition) is 4. The molecule has 3 N–H and O–H groups in total. The van der Waals surface area contributed by atoms with Gasteiger partial charge < -0.3 is 11.1 Å². The number of hydrogen-bond donors (Lipinski definition) is 2. The van der Waals surface area contributed by atoms with Crippen LogP contribution in [0.3, 0.4) is 0 Å². The van der Waals surface area contributed by atoms with E-state index in [0.29, 0.717) is 19.0 Å². The van der Waals surface area contributed by atoms with E-state index in [9.17, 15) is 4.79 Å². The van der Waals surface area contributed by atoms with Crippen molar-refractivity contribution in [3.05, 3.63) is 16.1 Å². The minimum atomic E-state index is 0.112. The van der Waals surface area contributed by atoms with Gasteiger partial charge in [-0.3, -0.25) is 4.79 Å². The van der Waals surface area contributed by atoms with Crippen LogP contribution >= 0.6 is 11.3 Å². The maximum atomic E-state index is 12.0. The van der Waals surface area contributed by atoms with E-state index in [4.69, 9.17) is 5.73 Å². The van der Waals surface area contributed by atoms with Gasteiger partial charge in [-0.05, 0) is 32.2 Å². The lowest BCUT2D eigenvalue weighted by molar-refractivity contribution is -0.126. The molecular weight excluding hydrogens is 234 g/mol. The van der Waals surface area contributed by atoms with Gasteiger partial charge in [-0.1, -0.05) is 6.42 Å². The van der Waals surface area contributed by atoms with Crippen molar-refractivity contribution < 1.29 is 4.79 Å². The van der Waals surface area contributed by atoms with Crippen molar-refractivity contribution in [3.63, 3.8) is 0 Å². The Labute approximate surface area is 106 Å². The van der Waals surface area contributed by atoms with Crippen LogP contribution in [0, 0.1) is 18.8 Å². The van der Waals surface area contributed by atoms with Gasteiger partial charge in [0.1, 0.15) is 5.01 Å². The molecule has 1 heterocycles. The standard InChI is InChI=1S/C12H19N3OS/c1-8-7-17-11(15-8)6-14-12(16)10-4-2-3-9(10)5-13/h7,9-10H,2-6,13H2,1H3,(H,14,16)/t9-,10-/m1/s1. The molecule has 1 saturated carbocycles. The summed E-state index contributed by atoms with van der Waals surface area (Å²) in [6.07, 6.45) is 3.19. The fourth-order valence-electron chi connectivity index (χ4n) is 2.44. The molecule has 17 heavy (non-hydrogen) atoms. The van der Waals surface area contributed by atoms with Gasteiger partial charge >= 0.3 is 0 Å². The molecule has 2 atom stereocenters. The van der Waals surface area contributed by atoms with Crippen molar-refractivity contribution in [3.8, 4) is 0 Å². The number of rotatable bonds is 4. The summed E-state index contributed by atoms with van der Waals surface area (Å²) < 4.78 is 0. The van der Waals surface area contributed by atoms with E-state index in [0.717, 1.165) is 30.0 Å². The number of nitrogens with one attached hydrogen (secondary N) is 1. The quantitative estimate of drug-likeness (QED) is 0.853. The summed E-state index contributed by atoms with van der Waals surface area (Å²) >= 11 is 1.59. The normalized spacial score (nSPS) is 23.9. The van der Waals surface area contributed by atoms with Gasteiger partial charge in [0.05, 0.1) is 6.54 Å². The number of carbonyl (C=O) groups excluding carboxylic acids is 1. The molecule has 0 unspecified atom stereocenters. The van der Waals surface area contributed by atoms with E-state index < -0.39 is 0 Å². The Morgan fingerprint density at radius 2 is 2.47 bits per heavy atom. The Bertz CT molecular complexity index is 391. The fraction of sp³-hybridized carbons (Fsp3) is 0.667. The predicted octanol–water partition coefficient (Wildman–Crippen LogP) is 1.44. The smallest absolute Gasteiger partial charge is 0.223 e. The molecule has 5 heteroatoms. The first-order valence-corrected chi connectivity index (χ1v) is 6.97. The van der Waals surface area contributed by atoms with E-state index in [2.05, 4.69) is 10.3 Å². The molecule has 94 valence electrons. The topological polar surface area (TPSA) is 68.0 Å². The molecule has 0 spiro atoms. The highest BCUT2D eigenvalue weighted by Crippen LogP contribution is 2.30. The first kappa shape index (κ1) is 12.5. The zero-order valence-electron chi connectivity index (χ0n) is 10.1. The minimum absolute atomic E-state index is 0.112. The van der Waals surface area contributed by atoms with E-state index in [1.807, 2.05) is 12.3 Å². The minimum Gasteiger partial charge on any atom is -0.349 e. The highest BCUT2D eigenvalue weighted by atomic mass is 32.1. The predicted molar refractivity (Wildman–Crippen MR) is 68.6 cm³/mol. The van der Waals surface area contributed by atoms with E-state index >= 15 is 0 Å². The largest absolute Gasteiger partial charge is 0.349 e. The summed E-state index contributed by atoms with van der Waals surface area (Å²) in [5.74, 6) is 0.625. The Balaban J connectivity index is 1.84. The highest BCUT2D eigenvalue weighted by molar-refractivity contribution is 7.09. The number of aryl methyl sites for hydroxylation is 1. The Morgan fingerprint density at radius 1 is 1.65 bits per heavy atom.